The Labute approximate surface area is 177 Å². The zero-order chi connectivity index (χ0) is 22.2. The van der Waals surface area contributed by atoms with E-state index in [1.54, 1.807) is 43.8 Å². The van der Waals surface area contributed by atoms with Crippen LogP contribution in [0, 0.1) is 11.2 Å². The molecule has 1 N–H and O–H groups in total. The average molecular weight is 429 g/mol. The minimum Gasteiger partial charge on any atom is -0.305 e. The molecule has 3 amide bonds. The Bertz CT molecular complexity index is 1060. The van der Waals surface area contributed by atoms with E-state index in [9.17, 15) is 14.0 Å². The highest BCUT2D eigenvalue weighted by Crippen LogP contribution is 2.33. The maximum Gasteiger partial charge on any atom is 0.332 e. The van der Waals surface area contributed by atoms with Gasteiger partial charge in [0, 0.05) is 18.5 Å². The van der Waals surface area contributed by atoms with Gasteiger partial charge >= 0.3 is 6.03 Å². The maximum atomic E-state index is 13.6. The van der Waals surface area contributed by atoms with Crippen LogP contribution in [0.25, 0.3) is 0 Å². The molecule has 0 bridgehead atoms. The number of urea groups is 1. The Morgan fingerprint density at radius 3 is 2.57 bits per heavy atom. The van der Waals surface area contributed by atoms with Crippen LogP contribution in [0.1, 0.15) is 33.3 Å². The van der Waals surface area contributed by atoms with Crippen molar-refractivity contribution in [1.82, 2.24) is 14.7 Å². The van der Waals surface area contributed by atoms with Gasteiger partial charge in [-0.2, -0.15) is 5.10 Å². The van der Waals surface area contributed by atoms with E-state index in [1.165, 1.54) is 23.2 Å². The molecule has 1 aromatic carbocycles. The van der Waals surface area contributed by atoms with Gasteiger partial charge in [0.2, 0.25) is 0 Å². The first-order valence-corrected chi connectivity index (χ1v) is 10.0. The number of carbonyl (C=O) groups excluding carboxylic acids is 2. The Kier molecular flexibility index (Phi) is 5.90. The third-order valence-electron chi connectivity index (χ3n) is 5.18. The molecule has 2 heterocycles. The van der Waals surface area contributed by atoms with Crippen molar-refractivity contribution in [2.75, 3.05) is 4.90 Å². The van der Waals surface area contributed by atoms with E-state index in [-0.39, 0.29) is 12.5 Å². The quantitative estimate of drug-likeness (QED) is 0.429. The Balaban J connectivity index is 1.88. The second-order valence-electron chi connectivity index (χ2n) is 7.88. The van der Waals surface area contributed by atoms with Gasteiger partial charge in [-0.1, -0.05) is 12.1 Å². The molecule has 1 atom stereocenters. The number of halogens is 1. The van der Waals surface area contributed by atoms with Crippen molar-refractivity contribution >= 4 is 32.6 Å². The predicted molar refractivity (Wildman–Crippen MR) is 117 cm³/mol. The van der Waals surface area contributed by atoms with Crippen LogP contribution in [-0.2, 0) is 17.9 Å². The average Bonchev–Trinajstić information content (AvgIpc) is 3.17. The van der Waals surface area contributed by atoms with Gasteiger partial charge < -0.3 is 10.3 Å². The summed E-state index contributed by atoms with van der Waals surface area (Å²) in [4.78, 5) is 28.7. The van der Waals surface area contributed by atoms with Crippen molar-refractivity contribution in [3.8, 4) is 0 Å². The SMILES string of the molecule is CC(=N)/C(Cn1cc(N2C(=O)N(Cc3cccc(F)c3)C(C)(C)C2=O)cn1)=C(/C)P. The van der Waals surface area contributed by atoms with E-state index in [0.29, 0.717) is 23.5 Å². The maximum absolute atomic E-state index is 13.6. The molecule has 158 valence electrons. The molecule has 0 radical (unpaired) electrons. The van der Waals surface area contributed by atoms with Crippen LogP contribution in [0.3, 0.4) is 0 Å². The third kappa shape index (κ3) is 4.05. The number of imide groups is 1. The molecule has 1 aliphatic heterocycles. The fourth-order valence-corrected chi connectivity index (χ4v) is 3.71. The number of benzene rings is 1. The van der Waals surface area contributed by atoms with E-state index in [4.69, 9.17) is 5.41 Å². The molecule has 1 aliphatic rings. The van der Waals surface area contributed by atoms with Gasteiger partial charge in [0.05, 0.1) is 18.4 Å². The summed E-state index contributed by atoms with van der Waals surface area (Å²) >= 11 is 0. The van der Waals surface area contributed by atoms with Gasteiger partial charge in [-0.05, 0) is 56.3 Å². The first-order chi connectivity index (χ1) is 14.0. The van der Waals surface area contributed by atoms with E-state index >= 15 is 0 Å². The number of nitrogens with one attached hydrogen (secondary N) is 1. The molecule has 1 fully saturated rings. The van der Waals surface area contributed by atoms with Crippen molar-refractivity contribution in [3.63, 3.8) is 0 Å². The Hall–Kier alpha value is -2.86. The summed E-state index contributed by atoms with van der Waals surface area (Å²) in [6.45, 7) is 7.42. The molecule has 0 aliphatic carbocycles. The van der Waals surface area contributed by atoms with Crippen molar-refractivity contribution in [2.45, 2.75) is 46.3 Å². The summed E-state index contributed by atoms with van der Waals surface area (Å²) in [6, 6.07) is 5.51. The van der Waals surface area contributed by atoms with Crippen LogP contribution < -0.4 is 4.90 Å². The summed E-state index contributed by atoms with van der Waals surface area (Å²) in [5.74, 6) is -0.763. The lowest BCUT2D eigenvalue weighted by Gasteiger charge is -2.27. The Morgan fingerprint density at radius 2 is 1.97 bits per heavy atom. The molecule has 0 saturated carbocycles. The van der Waals surface area contributed by atoms with Crippen molar-refractivity contribution in [2.24, 2.45) is 0 Å². The van der Waals surface area contributed by atoms with E-state index in [2.05, 4.69) is 14.3 Å². The molecule has 30 heavy (non-hydrogen) atoms. The number of nitrogens with zero attached hydrogens (tertiary/aromatic N) is 4. The number of hydrogen-bond donors (Lipinski definition) is 1. The van der Waals surface area contributed by atoms with Crippen LogP contribution in [0.4, 0.5) is 14.9 Å². The van der Waals surface area contributed by atoms with Crippen LogP contribution in [0.5, 0.6) is 0 Å². The minimum atomic E-state index is -1.08. The number of aromatic nitrogens is 2. The highest BCUT2D eigenvalue weighted by molar-refractivity contribution is 7.22. The highest BCUT2D eigenvalue weighted by Gasteiger charge is 2.52. The van der Waals surface area contributed by atoms with Gasteiger partial charge in [-0.25, -0.2) is 14.1 Å². The molecule has 2 aromatic rings. The zero-order valence-corrected chi connectivity index (χ0v) is 18.6. The summed E-state index contributed by atoms with van der Waals surface area (Å²) in [7, 11) is 2.58. The molecule has 1 unspecified atom stereocenters. The van der Waals surface area contributed by atoms with E-state index in [0.717, 1.165) is 15.8 Å². The van der Waals surface area contributed by atoms with Crippen LogP contribution in [0.2, 0.25) is 0 Å². The summed E-state index contributed by atoms with van der Waals surface area (Å²) in [5.41, 5.74) is 1.12. The van der Waals surface area contributed by atoms with Crippen molar-refractivity contribution < 1.29 is 14.0 Å². The first kappa shape index (κ1) is 21.8. The minimum absolute atomic E-state index is 0.117. The van der Waals surface area contributed by atoms with Crippen molar-refractivity contribution in [1.29, 1.82) is 5.41 Å². The first-order valence-electron chi connectivity index (χ1n) is 9.46. The number of hydrogen-bond acceptors (Lipinski definition) is 4. The van der Waals surface area contributed by atoms with Gasteiger partial charge in [-0.3, -0.25) is 9.48 Å². The normalized spacial score (nSPS) is 16.9. The van der Waals surface area contributed by atoms with Gasteiger partial charge in [0.1, 0.15) is 11.4 Å². The van der Waals surface area contributed by atoms with E-state index < -0.39 is 17.4 Å². The number of rotatable bonds is 6. The molecule has 7 nitrogen and oxygen atoms in total. The second kappa shape index (κ2) is 8.11. The van der Waals surface area contributed by atoms with E-state index in [1.807, 2.05) is 6.92 Å². The molecule has 0 spiro atoms. The summed E-state index contributed by atoms with van der Waals surface area (Å²) < 4.78 is 15.2. The number of carbonyl (C=O) groups is 2. The predicted octanol–water partition coefficient (Wildman–Crippen LogP) is 3.96. The third-order valence-corrected chi connectivity index (χ3v) is 5.53. The summed E-state index contributed by atoms with van der Waals surface area (Å²) in [6.07, 6.45) is 3.08. The summed E-state index contributed by atoms with van der Waals surface area (Å²) in [5, 5.41) is 13.1. The van der Waals surface area contributed by atoms with Gasteiger partial charge in [0.15, 0.2) is 0 Å². The number of amides is 3. The highest BCUT2D eigenvalue weighted by atomic mass is 31.0. The number of anilines is 1. The number of allylic oxidation sites excluding steroid dienone is 2. The van der Waals surface area contributed by atoms with Crippen LogP contribution in [-0.4, -0.2) is 37.9 Å². The lowest BCUT2D eigenvalue weighted by Crippen LogP contribution is -2.43. The van der Waals surface area contributed by atoms with Gasteiger partial charge in [-0.15, -0.1) is 9.24 Å². The van der Waals surface area contributed by atoms with Crippen molar-refractivity contribution in [3.05, 3.63) is 58.9 Å². The Morgan fingerprint density at radius 1 is 1.27 bits per heavy atom. The van der Waals surface area contributed by atoms with Gasteiger partial charge in [0.25, 0.3) is 5.91 Å². The topological polar surface area (TPSA) is 82.3 Å². The van der Waals surface area contributed by atoms with Crippen LogP contribution in [0.15, 0.2) is 47.5 Å². The molecule has 3 rings (SSSR count). The molecule has 1 saturated heterocycles. The zero-order valence-electron chi connectivity index (χ0n) is 17.4. The monoisotopic (exact) mass is 429 g/mol. The lowest BCUT2D eigenvalue weighted by molar-refractivity contribution is -0.123. The fraction of sp³-hybridized carbons (Fsp3) is 0.333. The molecular formula is C21H25FN5O2P. The fourth-order valence-electron chi connectivity index (χ4n) is 3.40. The largest absolute Gasteiger partial charge is 0.332 e. The standard InChI is InChI=1S/C21H25FN5O2P/c1-13(23)18(14(2)30)12-25-11-17(9-24-25)27-19(28)21(3,4)26(20(27)29)10-15-6-5-7-16(22)8-15/h5-9,11,23H,10,12,30H2,1-4H3/b18-14-,23-13?. The molecule has 1 aromatic heterocycles. The molecular weight excluding hydrogens is 404 g/mol. The smallest absolute Gasteiger partial charge is 0.305 e. The van der Waals surface area contributed by atoms with Crippen LogP contribution >= 0.6 is 9.24 Å². The second-order valence-corrected chi connectivity index (χ2v) is 8.75. The molecule has 9 heteroatoms. The lowest BCUT2D eigenvalue weighted by atomic mass is 10.0.